The van der Waals surface area contributed by atoms with Gasteiger partial charge >= 0.3 is 0 Å². The normalized spacial score (nSPS) is 22.8. The van der Waals surface area contributed by atoms with E-state index in [1.807, 2.05) is 6.07 Å². The van der Waals surface area contributed by atoms with Crippen LogP contribution in [0, 0.1) is 0 Å². The Balaban J connectivity index is 1.53. The second kappa shape index (κ2) is 6.74. The Morgan fingerprint density at radius 3 is 3.00 bits per heavy atom. The van der Waals surface area contributed by atoms with E-state index in [0.29, 0.717) is 23.6 Å². The van der Waals surface area contributed by atoms with Gasteiger partial charge in [-0.15, -0.1) is 0 Å². The lowest BCUT2D eigenvalue weighted by Crippen LogP contribution is -2.26. The smallest absolute Gasteiger partial charge is 0.213 e. The van der Waals surface area contributed by atoms with E-state index >= 15 is 0 Å². The first-order chi connectivity index (χ1) is 9.81. The molecule has 1 unspecified atom stereocenters. The Bertz CT molecular complexity index is 445. The van der Waals surface area contributed by atoms with Gasteiger partial charge in [-0.1, -0.05) is 11.6 Å². The molecule has 0 bridgehead atoms. The van der Waals surface area contributed by atoms with Crippen LogP contribution in [0.2, 0.25) is 5.02 Å². The molecule has 2 aliphatic rings. The van der Waals surface area contributed by atoms with Crippen molar-refractivity contribution in [1.82, 2.24) is 10.3 Å². The quantitative estimate of drug-likeness (QED) is 0.876. The summed E-state index contributed by atoms with van der Waals surface area (Å²) in [6.07, 6.45) is 7.86. The molecular formula is C15H21ClN2O2. The summed E-state index contributed by atoms with van der Waals surface area (Å²) >= 11 is 6.17. The number of aromatic nitrogens is 1. The first-order valence-corrected chi connectivity index (χ1v) is 7.81. The minimum atomic E-state index is 0.203. The number of hydrogen-bond acceptors (Lipinski definition) is 4. The average molecular weight is 297 g/mol. The summed E-state index contributed by atoms with van der Waals surface area (Å²) in [6.45, 7) is 2.20. The van der Waals surface area contributed by atoms with Crippen LogP contribution in [-0.4, -0.2) is 30.3 Å². The van der Waals surface area contributed by atoms with Crippen molar-refractivity contribution in [3.8, 4) is 5.88 Å². The number of hydrogen-bond donors (Lipinski definition) is 1. The molecule has 1 aromatic rings. The minimum Gasteiger partial charge on any atom is -0.475 e. The second-order valence-electron chi connectivity index (χ2n) is 5.57. The van der Waals surface area contributed by atoms with Gasteiger partial charge in [0.25, 0.3) is 0 Å². The third-order valence-electron chi connectivity index (χ3n) is 3.76. The molecule has 1 saturated carbocycles. The van der Waals surface area contributed by atoms with Crippen molar-refractivity contribution in [2.75, 3.05) is 13.2 Å². The van der Waals surface area contributed by atoms with E-state index in [1.54, 1.807) is 6.20 Å². The topological polar surface area (TPSA) is 43.4 Å². The third kappa shape index (κ3) is 4.08. The van der Waals surface area contributed by atoms with Crippen LogP contribution in [0.1, 0.15) is 37.7 Å². The zero-order valence-electron chi connectivity index (χ0n) is 11.6. The summed E-state index contributed by atoms with van der Waals surface area (Å²) < 4.78 is 11.4. The van der Waals surface area contributed by atoms with Gasteiger partial charge in [-0.05, 0) is 37.7 Å². The fourth-order valence-corrected chi connectivity index (χ4v) is 2.50. The lowest BCUT2D eigenvalue weighted by molar-refractivity contribution is -0.0119. The van der Waals surface area contributed by atoms with E-state index in [4.69, 9.17) is 21.1 Å². The molecule has 3 rings (SSSR count). The van der Waals surface area contributed by atoms with Gasteiger partial charge in [0.15, 0.2) is 0 Å². The molecule has 0 radical (unpaired) electrons. The predicted molar refractivity (Wildman–Crippen MR) is 78.2 cm³/mol. The summed E-state index contributed by atoms with van der Waals surface area (Å²) in [7, 11) is 0. The van der Waals surface area contributed by atoms with Gasteiger partial charge in [0.2, 0.25) is 5.88 Å². The first kappa shape index (κ1) is 14.1. The molecule has 0 spiro atoms. The van der Waals surface area contributed by atoms with Gasteiger partial charge in [-0.25, -0.2) is 4.98 Å². The molecule has 0 aromatic carbocycles. The van der Waals surface area contributed by atoms with Crippen molar-refractivity contribution in [2.45, 2.75) is 50.8 Å². The monoisotopic (exact) mass is 296 g/mol. The Hall–Kier alpha value is -0.840. The molecule has 1 aliphatic carbocycles. The van der Waals surface area contributed by atoms with Gasteiger partial charge in [0, 0.05) is 31.5 Å². The standard InChI is InChI=1S/C15H21ClN2O2/c16-14-9-18-15(7-11(14)8-17-12-4-5-12)20-10-13-3-1-2-6-19-13/h7,9,12-13,17H,1-6,8,10H2. The van der Waals surface area contributed by atoms with Crippen molar-refractivity contribution in [2.24, 2.45) is 0 Å². The molecular weight excluding hydrogens is 276 g/mol. The second-order valence-corrected chi connectivity index (χ2v) is 5.98. The molecule has 2 heterocycles. The highest BCUT2D eigenvalue weighted by atomic mass is 35.5. The summed E-state index contributed by atoms with van der Waals surface area (Å²) in [5, 5.41) is 4.15. The molecule has 20 heavy (non-hydrogen) atoms. The molecule has 110 valence electrons. The van der Waals surface area contributed by atoms with E-state index in [0.717, 1.165) is 31.6 Å². The Morgan fingerprint density at radius 2 is 2.25 bits per heavy atom. The summed E-state index contributed by atoms with van der Waals surface area (Å²) in [5.41, 5.74) is 1.05. The van der Waals surface area contributed by atoms with E-state index < -0.39 is 0 Å². The molecule has 4 nitrogen and oxygen atoms in total. The summed E-state index contributed by atoms with van der Waals surface area (Å²) in [5.74, 6) is 0.635. The van der Waals surface area contributed by atoms with Gasteiger partial charge in [-0.2, -0.15) is 0 Å². The van der Waals surface area contributed by atoms with E-state index in [-0.39, 0.29) is 6.10 Å². The van der Waals surface area contributed by atoms with Gasteiger partial charge in [0.1, 0.15) is 6.61 Å². The Labute approximate surface area is 124 Å². The molecule has 1 saturated heterocycles. The van der Waals surface area contributed by atoms with Crippen molar-refractivity contribution in [3.63, 3.8) is 0 Å². The fourth-order valence-electron chi connectivity index (χ4n) is 2.33. The zero-order valence-corrected chi connectivity index (χ0v) is 12.4. The van der Waals surface area contributed by atoms with Crippen LogP contribution in [0.3, 0.4) is 0 Å². The van der Waals surface area contributed by atoms with Crippen molar-refractivity contribution in [3.05, 3.63) is 22.8 Å². The van der Waals surface area contributed by atoms with E-state index in [9.17, 15) is 0 Å². The van der Waals surface area contributed by atoms with E-state index in [2.05, 4.69) is 10.3 Å². The zero-order chi connectivity index (χ0) is 13.8. The van der Waals surface area contributed by atoms with Crippen LogP contribution in [0.25, 0.3) is 0 Å². The number of halogens is 1. The minimum absolute atomic E-state index is 0.203. The summed E-state index contributed by atoms with van der Waals surface area (Å²) in [4.78, 5) is 4.23. The Kier molecular flexibility index (Phi) is 4.76. The van der Waals surface area contributed by atoms with E-state index in [1.165, 1.54) is 19.3 Å². The number of nitrogens with one attached hydrogen (secondary N) is 1. The lowest BCUT2D eigenvalue weighted by Gasteiger charge is -2.22. The van der Waals surface area contributed by atoms with Crippen LogP contribution in [0.4, 0.5) is 0 Å². The van der Waals surface area contributed by atoms with Crippen LogP contribution in [0.15, 0.2) is 12.3 Å². The molecule has 1 aromatic heterocycles. The first-order valence-electron chi connectivity index (χ1n) is 7.43. The van der Waals surface area contributed by atoms with Crippen molar-refractivity contribution >= 4 is 11.6 Å². The largest absolute Gasteiger partial charge is 0.475 e. The predicted octanol–water partition coefficient (Wildman–Crippen LogP) is 2.93. The number of rotatable bonds is 6. The number of nitrogens with zero attached hydrogens (tertiary/aromatic N) is 1. The highest BCUT2D eigenvalue weighted by molar-refractivity contribution is 6.31. The van der Waals surface area contributed by atoms with Gasteiger partial charge in [-0.3, -0.25) is 0 Å². The molecule has 1 atom stereocenters. The van der Waals surface area contributed by atoms with Crippen molar-refractivity contribution < 1.29 is 9.47 Å². The van der Waals surface area contributed by atoms with Gasteiger partial charge in [0.05, 0.1) is 11.1 Å². The number of ether oxygens (including phenoxy) is 2. The molecule has 1 N–H and O–H groups in total. The maximum absolute atomic E-state index is 6.17. The molecule has 1 aliphatic heterocycles. The highest BCUT2D eigenvalue weighted by Gasteiger charge is 2.20. The average Bonchev–Trinajstić information content (AvgIpc) is 3.30. The van der Waals surface area contributed by atoms with Crippen LogP contribution in [-0.2, 0) is 11.3 Å². The third-order valence-corrected chi connectivity index (χ3v) is 4.10. The maximum atomic E-state index is 6.17. The lowest BCUT2D eigenvalue weighted by atomic mass is 10.1. The van der Waals surface area contributed by atoms with Crippen LogP contribution < -0.4 is 10.1 Å². The summed E-state index contributed by atoms with van der Waals surface area (Å²) in [6, 6.07) is 2.60. The molecule has 2 fully saturated rings. The SMILES string of the molecule is Clc1cnc(OCC2CCCCO2)cc1CNC1CC1. The Morgan fingerprint density at radius 1 is 1.35 bits per heavy atom. The molecule has 5 heteroatoms. The van der Waals surface area contributed by atoms with Gasteiger partial charge < -0.3 is 14.8 Å². The van der Waals surface area contributed by atoms with Crippen LogP contribution >= 0.6 is 11.6 Å². The highest BCUT2D eigenvalue weighted by Crippen LogP contribution is 2.23. The van der Waals surface area contributed by atoms with Crippen LogP contribution in [0.5, 0.6) is 5.88 Å². The maximum Gasteiger partial charge on any atom is 0.213 e. The molecule has 0 amide bonds. The van der Waals surface area contributed by atoms with Crippen molar-refractivity contribution in [1.29, 1.82) is 0 Å². The fraction of sp³-hybridized carbons (Fsp3) is 0.667. The number of pyridine rings is 1.